The van der Waals surface area contributed by atoms with Gasteiger partial charge in [-0.05, 0) is 6.07 Å². The SMILES string of the molecule is Nc1cc(-c2cccc3ocnc23)no1. The first kappa shape index (κ1) is 8.05. The predicted octanol–water partition coefficient (Wildman–Crippen LogP) is 2.06. The average Bonchev–Trinajstić information content (AvgIpc) is 2.84. The number of hydrogen-bond acceptors (Lipinski definition) is 5. The number of hydrogen-bond donors (Lipinski definition) is 1. The van der Waals surface area contributed by atoms with Crippen LogP contribution in [0.3, 0.4) is 0 Å². The fourth-order valence-corrected chi connectivity index (χ4v) is 1.51. The molecule has 0 fully saturated rings. The van der Waals surface area contributed by atoms with Crippen LogP contribution in [0, 0.1) is 0 Å². The first-order valence-corrected chi connectivity index (χ1v) is 4.39. The molecular weight excluding hydrogens is 194 g/mol. The van der Waals surface area contributed by atoms with Gasteiger partial charge in [-0.25, -0.2) is 4.98 Å². The highest BCUT2D eigenvalue weighted by Gasteiger charge is 2.10. The first-order valence-electron chi connectivity index (χ1n) is 4.39. The van der Waals surface area contributed by atoms with E-state index in [2.05, 4.69) is 10.1 Å². The van der Waals surface area contributed by atoms with Gasteiger partial charge in [-0.2, -0.15) is 0 Å². The van der Waals surface area contributed by atoms with Gasteiger partial charge in [-0.3, -0.25) is 0 Å². The van der Waals surface area contributed by atoms with Gasteiger partial charge >= 0.3 is 0 Å². The Hall–Kier alpha value is -2.30. The number of nitrogens with two attached hydrogens (primary N) is 1. The molecule has 5 heteroatoms. The summed E-state index contributed by atoms with van der Waals surface area (Å²) in [7, 11) is 0. The molecule has 2 heterocycles. The van der Waals surface area contributed by atoms with Crippen molar-refractivity contribution in [1.82, 2.24) is 10.1 Å². The summed E-state index contributed by atoms with van der Waals surface area (Å²) < 4.78 is 10.00. The summed E-state index contributed by atoms with van der Waals surface area (Å²) in [5, 5.41) is 3.83. The highest BCUT2D eigenvalue weighted by Crippen LogP contribution is 2.27. The number of para-hydroxylation sites is 1. The molecule has 0 saturated heterocycles. The van der Waals surface area contributed by atoms with Crippen molar-refractivity contribution in [1.29, 1.82) is 0 Å². The number of anilines is 1. The summed E-state index contributed by atoms with van der Waals surface area (Å²) in [6.45, 7) is 0. The Morgan fingerprint density at radius 3 is 3.00 bits per heavy atom. The summed E-state index contributed by atoms with van der Waals surface area (Å²) in [6.07, 6.45) is 1.40. The van der Waals surface area contributed by atoms with Gasteiger partial charge in [0.15, 0.2) is 12.0 Å². The number of aromatic nitrogens is 2. The average molecular weight is 201 g/mol. The van der Waals surface area contributed by atoms with Crippen molar-refractivity contribution in [2.45, 2.75) is 0 Å². The maximum Gasteiger partial charge on any atom is 0.222 e. The molecule has 0 saturated carbocycles. The van der Waals surface area contributed by atoms with Crippen LogP contribution in [-0.4, -0.2) is 10.1 Å². The molecular formula is C10H7N3O2. The van der Waals surface area contributed by atoms with E-state index in [1.807, 2.05) is 18.2 Å². The van der Waals surface area contributed by atoms with E-state index in [9.17, 15) is 0 Å². The van der Waals surface area contributed by atoms with Crippen LogP contribution in [0.1, 0.15) is 0 Å². The van der Waals surface area contributed by atoms with Gasteiger partial charge in [-0.1, -0.05) is 17.3 Å². The zero-order valence-electron chi connectivity index (χ0n) is 7.68. The molecule has 3 rings (SSSR count). The molecule has 0 spiro atoms. The van der Waals surface area contributed by atoms with E-state index in [4.69, 9.17) is 14.7 Å². The minimum atomic E-state index is 0.283. The topological polar surface area (TPSA) is 78.1 Å². The van der Waals surface area contributed by atoms with Gasteiger partial charge in [-0.15, -0.1) is 0 Å². The van der Waals surface area contributed by atoms with E-state index in [1.165, 1.54) is 6.39 Å². The lowest BCUT2D eigenvalue weighted by Gasteiger charge is -1.94. The second-order valence-corrected chi connectivity index (χ2v) is 3.12. The largest absolute Gasteiger partial charge is 0.443 e. The number of fused-ring (bicyclic) bond motifs is 1. The van der Waals surface area contributed by atoms with Gasteiger partial charge in [0.05, 0.1) is 0 Å². The van der Waals surface area contributed by atoms with Crippen LogP contribution in [0.15, 0.2) is 39.6 Å². The van der Waals surface area contributed by atoms with Gasteiger partial charge in [0.25, 0.3) is 0 Å². The molecule has 0 aliphatic heterocycles. The highest BCUT2D eigenvalue weighted by atomic mass is 16.5. The quantitative estimate of drug-likeness (QED) is 0.651. The molecule has 15 heavy (non-hydrogen) atoms. The van der Waals surface area contributed by atoms with E-state index in [1.54, 1.807) is 6.07 Å². The Bertz CT molecular complexity index is 612. The van der Waals surface area contributed by atoms with Crippen LogP contribution in [-0.2, 0) is 0 Å². The van der Waals surface area contributed by atoms with Crippen LogP contribution in [0.25, 0.3) is 22.4 Å². The lowest BCUT2D eigenvalue weighted by molar-refractivity contribution is 0.439. The second-order valence-electron chi connectivity index (χ2n) is 3.12. The third-order valence-corrected chi connectivity index (χ3v) is 2.16. The van der Waals surface area contributed by atoms with Gasteiger partial charge in [0.1, 0.15) is 11.2 Å². The van der Waals surface area contributed by atoms with Gasteiger partial charge in [0, 0.05) is 11.6 Å². The zero-order chi connectivity index (χ0) is 10.3. The van der Waals surface area contributed by atoms with Crippen molar-refractivity contribution < 1.29 is 8.94 Å². The lowest BCUT2D eigenvalue weighted by atomic mass is 10.1. The summed E-state index contributed by atoms with van der Waals surface area (Å²) in [4.78, 5) is 4.12. The van der Waals surface area contributed by atoms with Crippen molar-refractivity contribution in [3.63, 3.8) is 0 Å². The summed E-state index contributed by atoms with van der Waals surface area (Å²) in [5.74, 6) is 0.283. The Morgan fingerprint density at radius 2 is 2.20 bits per heavy atom. The second kappa shape index (κ2) is 2.84. The maximum atomic E-state index is 5.46. The highest BCUT2D eigenvalue weighted by molar-refractivity contribution is 5.89. The molecule has 2 aromatic heterocycles. The van der Waals surface area contributed by atoms with Crippen molar-refractivity contribution in [2.24, 2.45) is 0 Å². The Morgan fingerprint density at radius 1 is 1.27 bits per heavy atom. The zero-order valence-corrected chi connectivity index (χ0v) is 7.68. The maximum absolute atomic E-state index is 5.46. The van der Waals surface area contributed by atoms with Crippen LogP contribution < -0.4 is 5.73 Å². The van der Waals surface area contributed by atoms with E-state index >= 15 is 0 Å². The lowest BCUT2D eigenvalue weighted by Crippen LogP contribution is -1.79. The Kier molecular flexibility index (Phi) is 1.53. The third kappa shape index (κ3) is 1.17. The van der Waals surface area contributed by atoms with Crippen LogP contribution in [0.4, 0.5) is 5.88 Å². The molecule has 0 aliphatic rings. The van der Waals surface area contributed by atoms with Gasteiger partial charge < -0.3 is 14.7 Å². The van der Waals surface area contributed by atoms with E-state index < -0.39 is 0 Å². The molecule has 0 atom stereocenters. The molecule has 5 nitrogen and oxygen atoms in total. The molecule has 2 N–H and O–H groups in total. The number of nitrogen functional groups attached to an aromatic ring is 1. The number of rotatable bonds is 1. The Labute approximate surface area is 84.5 Å². The fourth-order valence-electron chi connectivity index (χ4n) is 1.51. The van der Waals surface area contributed by atoms with E-state index in [0.717, 1.165) is 11.1 Å². The molecule has 74 valence electrons. The van der Waals surface area contributed by atoms with Crippen molar-refractivity contribution in [3.8, 4) is 11.3 Å². The van der Waals surface area contributed by atoms with E-state index in [0.29, 0.717) is 11.3 Å². The normalized spacial score (nSPS) is 10.9. The summed E-state index contributed by atoms with van der Waals surface area (Å²) in [5.41, 5.74) is 8.44. The van der Waals surface area contributed by atoms with Crippen LogP contribution >= 0.6 is 0 Å². The molecule has 0 radical (unpaired) electrons. The van der Waals surface area contributed by atoms with Crippen molar-refractivity contribution in [3.05, 3.63) is 30.7 Å². The standard InChI is InChI=1S/C10H7N3O2/c11-9-4-7(13-15-9)6-2-1-3-8-10(6)12-5-14-8/h1-5H,11H2. The summed E-state index contributed by atoms with van der Waals surface area (Å²) in [6, 6.07) is 7.26. The minimum Gasteiger partial charge on any atom is -0.443 e. The molecule has 0 unspecified atom stereocenters. The Balaban J connectivity index is 2.30. The van der Waals surface area contributed by atoms with E-state index in [-0.39, 0.29) is 5.88 Å². The smallest absolute Gasteiger partial charge is 0.222 e. The first-order chi connectivity index (χ1) is 7.34. The minimum absolute atomic E-state index is 0.283. The predicted molar refractivity (Wildman–Crippen MR) is 53.9 cm³/mol. The number of nitrogens with zero attached hydrogens (tertiary/aromatic N) is 2. The fraction of sp³-hybridized carbons (Fsp3) is 0. The number of oxazole rings is 1. The third-order valence-electron chi connectivity index (χ3n) is 2.16. The van der Waals surface area contributed by atoms with Crippen LogP contribution in [0.2, 0.25) is 0 Å². The molecule has 0 aliphatic carbocycles. The molecule has 3 aromatic rings. The monoisotopic (exact) mass is 201 g/mol. The number of benzene rings is 1. The van der Waals surface area contributed by atoms with Crippen molar-refractivity contribution >= 4 is 17.0 Å². The molecule has 1 aromatic carbocycles. The summed E-state index contributed by atoms with van der Waals surface area (Å²) >= 11 is 0. The van der Waals surface area contributed by atoms with Crippen molar-refractivity contribution in [2.75, 3.05) is 5.73 Å². The van der Waals surface area contributed by atoms with Gasteiger partial charge in [0.2, 0.25) is 5.88 Å². The molecule has 0 amide bonds. The molecule has 0 bridgehead atoms. The van der Waals surface area contributed by atoms with Crippen LogP contribution in [0.5, 0.6) is 0 Å².